The first-order valence-corrected chi connectivity index (χ1v) is 8.38. The second kappa shape index (κ2) is 6.59. The molecule has 0 aromatic heterocycles. The minimum absolute atomic E-state index is 0.237. The highest BCUT2D eigenvalue weighted by Crippen LogP contribution is 2.47. The van der Waals surface area contributed by atoms with E-state index in [2.05, 4.69) is 10.6 Å². The summed E-state index contributed by atoms with van der Waals surface area (Å²) in [4.78, 5) is 27.2. The molecule has 1 aliphatic rings. The van der Waals surface area contributed by atoms with Crippen LogP contribution in [0.1, 0.15) is 18.4 Å². The highest BCUT2D eigenvalue weighted by Gasteiger charge is 2.56. The van der Waals surface area contributed by atoms with E-state index in [9.17, 15) is 9.59 Å². The molecule has 3 rings (SSSR count). The fraction of sp³-hybridized carbons (Fsp3) is 0.300. The Morgan fingerprint density at radius 1 is 0.840 bits per heavy atom. The first kappa shape index (κ1) is 17.0. The molecule has 2 aromatic carbocycles. The lowest BCUT2D eigenvalue weighted by Crippen LogP contribution is -2.35. The van der Waals surface area contributed by atoms with Crippen LogP contribution >= 0.6 is 0 Å². The zero-order valence-corrected chi connectivity index (χ0v) is 14.8. The maximum absolute atomic E-state index is 12.6. The minimum Gasteiger partial charge on any atom is -0.378 e. The molecule has 0 spiro atoms. The molecule has 1 saturated carbocycles. The Bertz CT molecular complexity index is 776. The first-order chi connectivity index (χ1) is 11.9. The minimum atomic E-state index is -0.953. The van der Waals surface area contributed by atoms with E-state index in [1.165, 1.54) is 0 Å². The van der Waals surface area contributed by atoms with E-state index in [1.54, 1.807) is 0 Å². The van der Waals surface area contributed by atoms with Crippen LogP contribution in [0, 0.1) is 12.3 Å². The van der Waals surface area contributed by atoms with Crippen LogP contribution in [0.25, 0.3) is 0 Å². The average Bonchev–Trinajstić information content (AvgIpc) is 3.39. The van der Waals surface area contributed by atoms with Gasteiger partial charge in [0, 0.05) is 31.2 Å². The van der Waals surface area contributed by atoms with Gasteiger partial charge in [0.05, 0.1) is 0 Å². The third kappa shape index (κ3) is 3.65. The maximum atomic E-state index is 12.6. The highest BCUT2D eigenvalue weighted by atomic mass is 16.2. The molecule has 0 saturated heterocycles. The van der Waals surface area contributed by atoms with Gasteiger partial charge in [-0.15, -0.1) is 0 Å². The molecule has 1 fully saturated rings. The van der Waals surface area contributed by atoms with Crippen molar-refractivity contribution in [2.75, 3.05) is 29.6 Å². The largest absolute Gasteiger partial charge is 0.378 e. The average molecular weight is 337 g/mol. The van der Waals surface area contributed by atoms with E-state index in [0.29, 0.717) is 24.2 Å². The number of rotatable bonds is 5. The quantitative estimate of drug-likeness (QED) is 0.822. The van der Waals surface area contributed by atoms with E-state index < -0.39 is 5.41 Å². The molecule has 0 heterocycles. The topological polar surface area (TPSA) is 61.4 Å². The van der Waals surface area contributed by atoms with Gasteiger partial charge in [0.2, 0.25) is 11.8 Å². The second-order valence-electron chi connectivity index (χ2n) is 6.80. The normalized spacial score (nSPS) is 14.5. The summed E-state index contributed by atoms with van der Waals surface area (Å²) in [6.07, 6.45) is 1.15. The molecule has 0 unspecified atom stereocenters. The van der Waals surface area contributed by atoms with Gasteiger partial charge in [-0.05, 0) is 56.2 Å². The predicted octanol–water partition coefficient (Wildman–Crippen LogP) is 3.42. The van der Waals surface area contributed by atoms with Gasteiger partial charge in [-0.2, -0.15) is 0 Å². The summed E-state index contributed by atoms with van der Waals surface area (Å²) >= 11 is 0. The Hall–Kier alpha value is -2.82. The number of nitrogens with one attached hydrogen (secondary N) is 2. The SMILES string of the molecule is Cc1ccc(NC(=O)C2(C(=O)Nc3ccc(N(C)C)cc3)CC2)cc1. The summed E-state index contributed by atoms with van der Waals surface area (Å²) in [6, 6.07) is 15.1. The molecule has 2 amide bonds. The van der Waals surface area contributed by atoms with Gasteiger partial charge < -0.3 is 15.5 Å². The van der Waals surface area contributed by atoms with Crippen LogP contribution in [0.4, 0.5) is 17.1 Å². The summed E-state index contributed by atoms with van der Waals surface area (Å²) in [5.74, 6) is -0.478. The van der Waals surface area contributed by atoms with Gasteiger partial charge in [-0.1, -0.05) is 17.7 Å². The fourth-order valence-electron chi connectivity index (χ4n) is 2.66. The molecule has 5 nitrogen and oxygen atoms in total. The number of amides is 2. The Balaban J connectivity index is 1.66. The Morgan fingerprint density at radius 3 is 1.68 bits per heavy atom. The number of aryl methyl sites for hydroxylation is 1. The second-order valence-corrected chi connectivity index (χ2v) is 6.80. The molecule has 2 N–H and O–H groups in total. The zero-order chi connectivity index (χ0) is 18.0. The molecular formula is C20H23N3O2. The van der Waals surface area contributed by atoms with Gasteiger partial charge in [0.15, 0.2) is 0 Å². The molecule has 2 aromatic rings. The molecule has 0 radical (unpaired) electrons. The standard InChI is InChI=1S/C20H23N3O2/c1-14-4-6-15(7-5-14)21-18(24)20(12-13-20)19(25)22-16-8-10-17(11-9-16)23(2)3/h4-11H,12-13H2,1-3H3,(H,21,24)(H,22,25). The highest BCUT2D eigenvalue weighted by molar-refractivity contribution is 6.16. The Morgan fingerprint density at radius 2 is 1.28 bits per heavy atom. The van der Waals surface area contributed by atoms with E-state index >= 15 is 0 Å². The van der Waals surface area contributed by atoms with Crippen molar-refractivity contribution < 1.29 is 9.59 Å². The van der Waals surface area contributed by atoms with E-state index in [-0.39, 0.29) is 11.8 Å². The Labute approximate surface area is 148 Å². The van der Waals surface area contributed by atoms with Crippen molar-refractivity contribution in [3.05, 3.63) is 54.1 Å². The third-order valence-electron chi connectivity index (χ3n) is 4.57. The number of anilines is 3. The lowest BCUT2D eigenvalue weighted by atomic mass is 10.0. The number of hydrogen-bond acceptors (Lipinski definition) is 3. The molecule has 25 heavy (non-hydrogen) atoms. The molecule has 0 atom stereocenters. The molecule has 1 aliphatic carbocycles. The molecule has 0 bridgehead atoms. The monoisotopic (exact) mass is 337 g/mol. The summed E-state index contributed by atoms with van der Waals surface area (Å²) in [5.41, 5.74) is 2.63. The lowest BCUT2D eigenvalue weighted by molar-refractivity contribution is -0.131. The number of carbonyl (C=O) groups is 2. The van der Waals surface area contributed by atoms with E-state index in [1.807, 2.05) is 74.4 Å². The van der Waals surface area contributed by atoms with Crippen molar-refractivity contribution in [2.24, 2.45) is 5.41 Å². The van der Waals surface area contributed by atoms with Crippen LogP contribution in [0.15, 0.2) is 48.5 Å². The maximum Gasteiger partial charge on any atom is 0.240 e. The number of nitrogens with zero attached hydrogens (tertiary/aromatic N) is 1. The van der Waals surface area contributed by atoms with Crippen molar-refractivity contribution in [3.8, 4) is 0 Å². The van der Waals surface area contributed by atoms with Crippen LogP contribution in [0.3, 0.4) is 0 Å². The molecule has 130 valence electrons. The van der Waals surface area contributed by atoms with E-state index in [0.717, 1.165) is 11.3 Å². The number of benzene rings is 2. The van der Waals surface area contributed by atoms with Gasteiger partial charge in [-0.25, -0.2) is 0 Å². The van der Waals surface area contributed by atoms with Crippen LogP contribution in [-0.4, -0.2) is 25.9 Å². The van der Waals surface area contributed by atoms with E-state index in [4.69, 9.17) is 0 Å². The van der Waals surface area contributed by atoms with Crippen LogP contribution in [-0.2, 0) is 9.59 Å². The Kier molecular flexibility index (Phi) is 4.49. The van der Waals surface area contributed by atoms with Crippen molar-refractivity contribution in [2.45, 2.75) is 19.8 Å². The van der Waals surface area contributed by atoms with Crippen molar-refractivity contribution in [1.29, 1.82) is 0 Å². The molecular weight excluding hydrogens is 314 g/mol. The van der Waals surface area contributed by atoms with Crippen LogP contribution < -0.4 is 15.5 Å². The first-order valence-electron chi connectivity index (χ1n) is 8.38. The van der Waals surface area contributed by atoms with Crippen molar-refractivity contribution >= 4 is 28.9 Å². The summed E-state index contributed by atoms with van der Waals surface area (Å²) < 4.78 is 0. The van der Waals surface area contributed by atoms with Crippen LogP contribution in [0.2, 0.25) is 0 Å². The third-order valence-corrected chi connectivity index (χ3v) is 4.57. The van der Waals surface area contributed by atoms with Crippen molar-refractivity contribution in [3.63, 3.8) is 0 Å². The summed E-state index contributed by atoms with van der Waals surface area (Å²) in [7, 11) is 3.92. The van der Waals surface area contributed by atoms with Gasteiger partial charge >= 0.3 is 0 Å². The molecule has 5 heteroatoms. The number of carbonyl (C=O) groups excluding carboxylic acids is 2. The van der Waals surface area contributed by atoms with Gasteiger partial charge in [-0.3, -0.25) is 9.59 Å². The smallest absolute Gasteiger partial charge is 0.240 e. The predicted molar refractivity (Wildman–Crippen MR) is 101 cm³/mol. The summed E-state index contributed by atoms with van der Waals surface area (Å²) in [6.45, 7) is 1.99. The van der Waals surface area contributed by atoms with Crippen molar-refractivity contribution in [1.82, 2.24) is 0 Å². The lowest BCUT2D eigenvalue weighted by Gasteiger charge is -2.17. The van der Waals surface area contributed by atoms with Crippen LogP contribution in [0.5, 0.6) is 0 Å². The summed E-state index contributed by atoms with van der Waals surface area (Å²) in [5, 5.41) is 5.72. The van der Waals surface area contributed by atoms with Gasteiger partial charge in [0.25, 0.3) is 0 Å². The zero-order valence-electron chi connectivity index (χ0n) is 14.8. The molecule has 0 aliphatic heterocycles. The fourth-order valence-corrected chi connectivity index (χ4v) is 2.66. The number of hydrogen-bond donors (Lipinski definition) is 2. The van der Waals surface area contributed by atoms with Gasteiger partial charge in [0.1, 0.15) is 5.41 Å².